The molecule has 2 aromatic carbocycles. The third kappa shape index (κ3) is 5.40. The molecule has 0 radical (unpaired) electrons. The third-order valence-corrected chi connectivity index (χ3v) is 11.7. The van der Waals surface area contributed by atoms with E-state index in [9.17, 15) is 18.3 Å². The van der Waals surface area contributed by atoms with Crippen LogP contribution >= 0.6 is 11.6 Å². The number of ether oxygens (including phenoxy) is 3. The van der Waals surface area contributed by atoms with Crippen LogP contribution in [-0.4, -0.2) is 118 Å². The Morgan fingerprint density at radius 3 is 2.40 bits per heavy atom. The Morgan fingerprint density at radius 1 is 0.979 bits per heavy atom. The largest absolute Gasteiger partial charge is 0.497 e. The standard InChI is InChI=1S/C33H38ClN5O8S/c1-36-14-11-22(12-15-36)37-16-17-38(32(41)42)29(20-37)33(24-6-5-13-35-30(24)47-4)25-18-21(34)7-9-26(25)39(31(33)40)48(43,44)28-10-8-23(45-2)19-27(28)46-3/h5-10,13,18-19,22,29H,11-12,14-17,20H2,1-4H3,(H,41,42). The van der Waals surface area contributed by atoms with Crippen molar-refractivity contribution < 1.29 is 37.3 Å². The predicted molar refractivity (Wildman–Crippen MR) is 178 cm³/mol. The molecule has 3 aliphatic rings. The number of methoxy groups -OCH3 is 3. The third-order valence-electron chi connectivity index (χ3n) is 9.76. The Balaban J connectivity index is 1.62. The Labute approximate surface area is 284 Å². The maximum absolute atomic E-state index is 15.5. The molecule has 0 spiro atoms. The number of carbonyl (C=O) groups is 2. The molecule has 4 heterocycles. The Bertz CT molecular complexity index is 1840. The van der Waals surface area contributed by atoms with E-state index in [0.717, 1.165) is 30.2 Å². The number of aromatic nitrogens is 1. The highest BCUT2D eigenvalue weighted by Gasteiger charge is 2.64. The van der Waals surface area contributed by atoms with Crippen LogP contribution in [-0.2, 0) is 20.2 Å². The first-order valence-electron chi connectivity index (χ1n) is 15.5. The molecule has 13 nitrogen and oxygen atoms in total. The zero-order valence-corrected chi connectivity index (χ0v) is 28.7. The van der Waals surface area contributed by atoms with Gasteiger partial charge in [0.1, 0.15) is 21.8 Å². The van der Waals surface area contributed by atoms with Gasteiger partial charge >= 0.3 is 6.09 Å². The second kappa shape index (κ2) is 13.1. The normalized spacial score (nSPS) is 22.4. The first-order valence-corrected chi connectivity index (χ1v) is 17.3. The SMILES string of the molecule is COc1ccc(S(=O)(=O)N2C(=O)C(c3cccnc3OC)(C3CN(C4CCN(C)CC4)CCN3C(=O)O)c3cc(Cl)ccc32)c(OC)c1. The fraction of sp³-hybridized carbons (Fsp3) is 0.424. The lowest BCUT2D eigenvalue weighted by molar-refractivity contribution is -0.124. The summed E-state index contributed by atoms with van der Waals surface area (Å²) < 4.78 is 46.7. The van der Waals surface area contributed by atoms with Gasteiger partial charge in [-0.15, -0.1) is 0 Å². The zero-order valence-electron chi connectivity index (χ0n) is 27.1. The van der Waals surface area contributed by atoms with E-state index in [1.807, 2.05) is 0 Å². The molecule has 0 bridgehead atoms. The molecule has 1 aromatic heterocycles. The average molecular weight is 700 g/mol. The van der Waals surface area contributed by atoms with Gasteiger partial charge < -0.3 is 29.1 Å². The van der Waals surface area contributed by atoms with Crippen molar-refractivity contribution in [2.75, 3.05) is 65.4 Å². The number of piperazine rings is 1. The molecule has 0 saturated carbocycles. The number of fused-ring (bicyclic) bond motifs is 1. The molecule has 15 heteroatoms. The van der Waals surface area contributed by atoms with Gasteiger partial charge in [-0.2, -0.15) is 0 Å². The topological polar surface area (TPSA) is 142 Å². The number of rotatable bonds is 8. The average Bonchev–Trinajstić information content (AvgIpc) is 3.35. The quantitative estimate of drug-likeness (QED) is 0.369. The lowest BCUT2D eigenvalue weighted by Gasteiger charge is -2.50. The van der Waals surface area contributed by atoms with Crippen LogP contribution in [0.15, 0.2) is 59.6 Å². The van der Waals surface area contributed by atoms with Crippen LogP contribution in [0.2, 0.25) is 5.02 Å². The number of carboxylic acid groups (broad SMARTS) is 1. The smallest absolute Gasteiger partial charge is 0.407 e. The van der Waals surface area contributed by atoms with Crippen LogP contribution in [0.25, 0.3) is 0 Å². The van der Waals surface area contributed by atoms with Crippen molar-refractivity contribution in [1.82, 2.24) is 19.7 Å². The number of amides is 2. The van der Waals surface area contributed by atoms with E-state index in [4.69, 9.17) is 25.8 Å². The zero-order chi connectivity index (χ0) is 34.4. The highest BCUT2D eigenvalue weighted by atomic mass is 35.5. The number of halogens is 1. The molecule has 0 aliphatic carbocycles. The van der Waals surface area contributed by atoms with Crippen molar-refractivity contribution in [2.45, 2.75) is 35.2 Å². The number of carbonyl (C=O) groups excluding carboxylic acids is 1. The first kappa shape index (κ1) is 33.8. The Hall–Kier alpha value is -4.11. The number of pyridine rings is 1. The van der Waals surface area contributed by atoms with Crippen LogP contribution in [0, 0.1) is 0 Å². The van der Waals surface area contributed by atoms with E-state index in [0.29, 0.717) is 12.3 Å². The molecule has 2 amide bonds. The van der Waals surface area contributed by atoms with Gasteiger partial charge in [0.15, 0.2) is 0 Å². The lowest BCUT2D eigenvalue weighted by Crippen LogP contribution is -2.67. The Kier molecular flexibility index (Phi) is 9.20. The van der Waals surface area contributed by atoms with E-state index in [2.05, 4.69) is 21.8 Å². The maximum Gasteiger partial charge on any atom is 0.407 e. The molecular formula is C33H38ClN5O8S. The van der Waals surface area contributed by atoms with Crippen LogP contribution in [0.4, 0.5) is 10.5 Å². The summed E-state index contributed by atoms with van der Waals surface area (Å²) in [6.45, 7) is 2.46. The maximum atomic E-state index is 15.5. The fourth-order valence-corrected chi connectivity index (χ4v) is 9.21. The summed E-state index contributed by atoms with van der Waals surface area (Å²) in [6.07, 6.45) is 1.99. The second-order valence-electron chi connectivity index (χ2n) is 12.1. The number of sulfonamides is 1. The van der Waals surface area contributed by atoms with Gasteiger partial charge in [-0.1, -0.05) is 17.7 Å². The summed E-state index contributed by atoms with van der Waals surface area (Å²) in [5.74, 6) is -0.508. The minimum absolute atomic E-state index is 0.0348. The van der Waals surface area contributed by atoms with Gasteiger partial charge in [0, 0.05) is 54.1 Å². The van der Waals surface area contributed by atoms with Crippen molar-refractivity contribution in [3.8, 4) is 17.4 Å². The molecule has 3 aliphatic heterocycles. The van der Waals surface area contributed by atoms with Crippen molar-refractivity contribution in [2.24, 2.45) is 0 Å². The van der Waals surface area contributed by atoms with Crippen molar-refractivity contribution in [3.05, 3.63) is 70.9 Å². The minimum Gasteiger partial charge on any atom is -0.497 e. The molecular weight excluding hydrogens is 662 g/mol. The number of nitrogens with zero attached hydrogens (tertiary/aromatic N) is 5. The van der Waals surface area contributed by atoms with Gasteiger partial charge in [0.25, 0.3) is 15.9 Å². The highest BCUT2D eigenvalue weighted by molar-refractivity contribution is 7.93. The molecule has 1 N–H and O–H groups in total. The number of hydrogen-bond donors (Lipinski definition) is 1. The van der Waals surface area contributed by atoms with Gasteiger partial charge in [-0.25, -0.2) is 22.5 Å². The molecule has 2 saturated heterocycles. The van der Waals surface area contributed by atoms with E-state index < -0.39 is 33.5 Å². The van der Waals surface area contributed by atoms with Crippen LogP contribution in [0.3, 0.4) is 0 Å². The summed E-state index contributed by atoms with van der Waals surface area (Å²) in [7, 11) is 1.54. The first-order chi connectivity index (χ1) is 23.0. The highest BCUT2D eigenvalue weighted by Crippen LogP contribution is 2.55. The fourth-order valence-electron chi connectivity index (χ4n) is 7.42. The van der Waals surface area contributed by atoms with Gasteiger partial charge in [0.05, 0.1) is 33.1 Å². The van der Waals surface area contributed by atoms with Crippen LogP contribution < -0.4 is 18.5 Å². The van der Waals surface area contributed by atoms with Gasteiger partial charge in [-0.3, -0.25) is 9.69 Å². The van der Waals surface area contributed by atoms with Crippen molar-refractivity contribution >= 4 is 39.3 Å². The van der Waals surface area contributed by atoms with Crippen LogP contribution in [0.5, 0.6) is 17.4 Å². The number of likely N-dealkylation sites (tertiary alicyclic amines) is 1. The monoisotopic (exact) mass is 699 g/mol. The molecule has 3 aromatic rings. The molecule has 2 unspecified atom stereocenters. The lowest BCUT2D eigenvalue weighted by atomic mass is 9.68. The van der Waals surface area contributed by atoms with Crippen molar-refractivity contribution in [3.63, 3.8) is 0 Å². The predicted octanol–water partition coefficient (Wildman–Crippen LogP) is 3.54. The summed E-state index contributed by atoms with van der Waals surface area (Å²) >= 11 is 6.62. The summed E-state index contributed by atoms with van der Waals surface area (Å²) in [4.78, 5) is 38.4. The van der Waals surface area contributed by atoms with Crippen molar-refractivity contribution in [1.29, 1.82) is 0 Å². The molecule has 48 heavy (non-hydrogen) atoms. The van der Waals surface area contributed by atoms with Crippen LogP contribution in [0.1, 0.15) is 24.0 Å². The van der Waals surface area contributed by atoms with E-state index in [-0.39, 0.29) is 57.5 Å². The summed E-state index contributed by atoms with van der Waals surface area (Å²) in [5.41, 5.74) is -1.45. The second-order valence-corrected chi connectivity index (χ2v) is 14.3. The van der Waals surface area contributed by atoms with E-state index in [1.54, 1.807) is 12.1 Å². The number of hydrogen-bond acceptors (Lipinski definition) is 10. The summed E-state index contributed by atoms with van der Waals surface area (Å²) in [5, 5.41) is 10.9. The van der Waals surface area contributed by atoms with Gasteiger partial charge in [0.2, 0.25) is 5.88 Å². The summed E-state index contributed by atoms with van der Waals surface area (Å²) in [6, 6.07) is 11.0. The Morgan fingerprint density at radius 2 is 1.73 bits per heavy atom. The van der Waals surface area contributed by atoms with Gasteiger partial charge in [-0.05, 0) is 69.4 Å². The number of benzene rings is 2. The molecule has 6 rings (SSSR count). The molecule has 2 fully saturated rings. The molecule has 256 valence electrons. The number of anilines is 1. The minimum atomic E-state index is -4.68. The number of piperidine rings is 1. The van der Waals surface area contributed by atoms with E-state index in [1.165, 1.54) is 68.8 Å². The molecule has 2 atom stereocenters. The van der Waals surface area contributed by atoms with E-state index >= 15 is 4.79 Å².